The van der Waals surface area contributed by atoms with Crippen LogP contribution >= 0.6 is 0 Å². The minimum atomic E-state index is -0.779. The van der Waals surface area contributed by atoms with Crippen LogP contribution in [-0.4, -0.2) is 59.4 Å². The molecule has 6 heteroatoms. The van der Waals surface area contributed by atoms with Gasteiger partial charge in [0.1, 0.15) is 0 Å². The van der Waals surface area contributed by atoms with Gasteiger partial charge in [-0.2, -0.15) is 0 Å². The normalized spacial score (nSPS) is 20.2. The third kappa shape index (κ3) is 5.71. The lowest BCUT2D eigenvalue weighted by atomic mass is 9.89. The maximum absolute atomic E-state index is 12.9. The van der Waals surface area contributed by atoms with Crippen molar-refractivity contribution in [1.82, 2.24) is 9.80 Å². The number of carboxylic acid groups (broad SMARTS) is 1. The maximum atomic E-state index is 12.9. The van der Waals surface area contributed by atoms with Crippen LogP contribution in [0.5, 0.6) is 0 Å². The molecule has 1 saturated carbocycles. The molecular weight excluding hydrogens is 332 g/mol. The van der Waals surface area contributed by atoms with Crippen molar-refractivity contribution in [2.24, 2.45) is 17.8 Å². The molecule has 0 aromatic carbocycles. The fourth-order valence-corrected chi connectivity index (χ4v) is 4.41. The minimum absolute atomic E-state index is 0.0265. The molecule has 0 bridgehead atoms. The number of nitrogens with zero attached hydrogens (tertiary/aromatic N) is 2. The average molecular weight is 367 g/mol. The van der Waals surface area contributed by atoms with Gasteiger partial charge in [-0.25, -0.2) is 0 Å². The molecule has 1 saturated heterocycles. The van der Waals surface area contributed by atoms with Crippen LogP contribution in [0.2, 0.25) is 0 Å². The molecule has 2 fully saturated rings. The summed E-state index contributed by atoms with van der Waals surface area (Å²) in [5, 5.41) is 9.05. The van der Waals surface area contributed by atoms with Crippen LogP contribution in [0.15, 0.2) is 0 Å². The highest BCUT2D eigenvalue weighted by Crippen LogP contribution is 2.32. The quantitative estimate of drug-likeness (QED) is 0.716. The summed E-state index contributed by atoms with van der Waals surface area (Å²) >= 11 is 0. The van der Waals surface area contributed by atoms with Crippen molar-refractivity contribution in [2.75, 3.05) is 26.7 Å². The second kappa shape index (κ2) is 9.93. The number of rotatable bonds is 8. The van der Waals surface area contributed by atoms with Gasteiger partial charge >= 0.3 is 5.97 Å². The monoisotopic (exact) mass is 366 g/mol. The first-order valence-electron chi connectivity index (χ1n) is 10.2. The van der Waals surface area contributed by atoms with E-state index in [9.17, 15) is 14.4 Å². The lowest BCUT2D eigenvalue weighted by Crippen LogP contribution is -2.46. The first-order chi connectivity index (χ1) is 12.4. The van der Waals surface area contributed by atoms with Crippen LogP contribution in [-0.2, 0) is 14.4 Å². The molecule has 0 radical (unpaired) electrons. The van der Waals surface area contributed by atoms with Gasteiger partial charge in [0.15, 0.2) is 0 Å². The minimum Gasteiger partial charge on any atom is -0.481 e. The first-order valence-corrected chi connectivity index (χ1v) is 10.2. The van der Waals surface area contributed by atoms with Gasteiger partial charge in [0.2, 0.25) is 11.8 Å². The van der Waals surface area contributed by atoms with Crippen molar-refractivity contribution in [3.8, 4) is 0 Å². The van der Waals surface area contributed by atoms with E-state index < -0.39 is 5.97 Å². The van der Waals surface area contributed by atoms with Crippen LogP contribution in [0.4, 0.5) is 0 Å². The van der Waals surface area contributed by atoms with Crippen LogP contribution in [0.25, 0.3) is 0 Å². The van der Waals surface area contributed by atoms with Crippen LogP contribution in [0.1, 0.15) is 64.7 Å². The molecule has 2 amide bonds. The van der Waals surface area contributed by atoms with Gasteiger partial charge in [0, 0.05) is 26.1 Å². The lowest BCUT2D eigenvalue weighted by molar-refractivity contribution is -0.147. The Kier molecular flexibility index (Phi) is 7.91. The third-order valence-electron chi connectivity index (χ3n) is 6.02. The smallest absolute Gasteiger partial charge is 0.306 e. The number of carboxylic acids is 1. The number of carbonyl (C=O) groups is 3. The largest absolute Gasteiger partial charge is 0.481 e. The van der Waals surface area contributed by atoms with Gasteiger partial charge in [-0.1, -0.05) is 39.0 Å². The second-order valence-electron chi connectivity index (χ2n) is 8.06. The number of hydrogen-bond acceptors (Lipinski definition) is 3. The van der Waals surface area contributed by atoms with E-state index >= 15 is 0 Å². The Bertz CT molecular complexity index is 494. The lowest BCUT2D eigenvalue weighted by Gasteiger charge is -2.32. The first kappa shape index (κ1) is 20.7. The number of carbonyl (C=O) groups excluding carboxylic acids is 2. The van der Waals surface area contributed by atoms with Gasteiger partial charge in [-0.05, 0) is 31.6 Å². The number of amides is 2. The Morgan fingerprint density at radius 3 is 2.27 bits per heavy atom. The van der Waals surface area contributed by atoms with E-state index in [1.54, 1.807) is 16.8 Å². The van der Waals surface area contributed by atoms with E-state index in [0.717, 1.165) is 19.3 Å². The molecule has 6 nitrogen and oxygen atoms in total. The van der Waals surface area contributed by atoms with Crippen molar-refractivity contribution < 1.29 is 19.5 Å². The molecule has 0 spiro atoms. The topological polar surface area (TPSA) is 77.9 Å². The molecule has 1 atom stereocenters. The average Bonchev–Trinajstić information content (AvgIpc) is 3.13. The van der Waals surface area contributed by atoms with E-state index in [1.165, 1.54) is 25.7 Å². The van der Waals surface area contributed by atoms with Gasteiger partial charge in [-0.3, -0.25) is 14.4 Å². The summed E-state index contributed by atoms with van der Waals surface area (Å²) in [5.74, 6) is -0.418. The molecule has 2 rings (SSSR count). The Balaban J connectivity index is 1.83. The second-order valence-corrected chi connectivity index (χ2v) is 8.06. The summed E-state index contributed by atoms with van der Waals surface area (Å²) in [6, 6.07) is 0. The summed E-state index contributed by atoms with van der Waals surface area (Å²) < 4.78 is 0. The zero-order valence-electron chi connectivity index (χ0n) is 16.3. The van der Waals surface area contributed by atoms with Crippen molar-refractivity contribution in [2.45, 2.75) is 64.7 Å². The van der Waals surface area contributed by atoms with E-state index in [-0.39, 0.29) is 30.2 Å². The third-order valence-corrected chi connectivity index (χ3v) is 6.02. The van der Waals surface area contributed by atoms with E-state index in [1.807, 2.05) is 0 Å². The van der Waals surface area contributed by atoms with E-state index in [0.29, 0.717) is 31.8 Å². The van der Waals surface area contributed by atoms with Crippen LogP contribution in [0.3, 0.4) is 0 Å². The fraction of sp³-hybridized carbons (Fsp3) is 0.850. The Morgan fingerprint density at radius 2 is 1.73 bits per heavy atom. The molecule has 26 heavy (non-hydrogen) atoms. The van der Waals surface area contributed by atoms with Crippen molar-refractivity contribution >= 4 is 17.8 Å². The number of likely N-dealkylation sites (tertiary alicyclic amines) is 1. The Labute approximate surface area is 156 Å². The molecular formula is C20H34N2O4. The van der Waals surface area contributed by atoms with Crippen LogP contribution in [0, 0.1) is 17.8 Å². The molecule has 0 aromatic heterocycles. The van der Waals surface area contributed by atoms with E-state index in [4.69, 9.17) is 5.11 Å². The number of hydrogen-bond donors (Lipinski definition) is 1. The number of piperidine rings is 1. The Hall–Kier alpha value is -1.59. The standard InChI is InChI=1S/C20H34N2O4/c1-3-6-17(13-15-7-4-5-8-15)19(24)21(2)14-18(23)22-11-9-16(10-12-22)20(25)26/h15-17H,3-14H2,1-2H3,(H,25,26). The van der Waals surface area contributed by atoms with Gasteiger partial charge in [-0.15, -0.1) is 0 Å². The van der Waals surface area contributed by atoms with Crippen molar-refractivity contribution in [3.05, 3.63) is 0 Å². The maximum Gasteiger partial charge on any atom is 0.306 e. The predicted molar refractivity (Wildman–Crippen MR) is 99.5 cm³/mol. The van der Waals surface area contributed by atoms with Gasteiger partial charge in [0.05, 0.1) is 12.5 Å². The SMILES string of the molecule is CCCC(CC1CCCC1)C(=O)N(C)CC(=O)N1CCC(C(=O)O)CC1. The van der Waals surface area contributed by atoms with Gasteiger partial charge < -0.3 is 14.9 Å². The van der Waals surface area contributed by atoms with Crippen molar-refractivity contribution in [1.29, 1.82) is 0 Å². The zero-order valence-corrected chi connectivity index (χ0v) is 16.3. The number of aliphatic carboxylic acids is 1. The highest BCUT2D eigenvalue weighted by Gasteiger charge is 2.30. The fourth-order valence-electron chi connectivity index (χ4n) is 4.41. The molecule has 1 aliphatic heterocycles. The summed E-state index contributed by atoms with van der Waals surface area (Å²) in [6.45, 7) is 3.14. The molecule has 2 aliphatic rings. The highest BCUT2D eigenvalue weighted by molar-refractivity contribution is 5.86. The summed E-state index contributed by atoms with van der Waals surface area (Å²) in [7, 11) is 1.72. The zero-order chi connectivity index (χ0) is 19.1. The summed E-state index contributed by atoms with van der Waals surface area (Å²) in [6.07, 6.45) is 8.83. The van der Waals surface area contributed by atoms with Crippen LogP contribution < -0.4 is 0 Å². The molecule has 1 heterocycles. The molecule has 1 aliphatic carbocycles. The van der Waals surface area contributed by atoms with Gasteiger partial charge in [0.25, 0.3) is 0 Å². The van der Waals surface area contributed by atoms with Crippen molar-refractivity contribution in [3.63, 3.8) is 0 Å². The number of likely N-dealkylation sites (N-methyl/N-ethyl adjacent to an activating group) is 1. The highest BCUT2D eigenvalue weighted by atomic mass is 16.4. The Morgan fingerprint density at radius 1 is 1.12 bits per heavy atom. The molecule has 1 N–H and O–H groups in total. The predicted octanol–water partition coefficient (Wildman–Crippen LogP) is 2.76. The summed E-state index contributed by atoms with van der Waals surface area (Å²) in [4.78, 5) is 39.7. The molecule has 1 unspecified atom stereocenters. The molecule has 148 valence electrons. The summed E-state index contributed by atoms with van der Waals surface area (Å²) in [5.41, 5.74) is 0. The molecule has 0 aromatic rings. The van der Waals surface area contributed by atoms with E-state index in [2.05, 4.69) is 6.92 Å².